The molecule has 0 aromatic heterocycles. The molecule has 0 saturated carbocycles. The summed E-state index contributed by atoms with van der Waals surface area (Å²) in [7, 11) is 1.66. The molecule has 0 fully saturated rings. The second kappa shape index (κ2) is 11.2. The minimum absolute atomic E-state index is 0.334. The summed E-state index contributed by atoms with van der Waals surface area (Å²) in [5.74, 6) is 0. The molecular formula is C16H25BrO4. The van der Waals surface area contributed by atoms with E-state index in [4.69, 9.17) is 18.9 Å². The van der Waals surface area contributed by atoms with E-state index in [-0.39, 0.29) is 5.60 Å². The Kier molecular flexibility index (Phi) is 9.87. The van der Waals surface area contributed by atoms with Crippen molar-refractivity contribution in [3.63, 3.8) is 0 Å². The first-order chi connectivity index (χ1) is 10.2. The molecule has 1 atom stereocenters. The van der Waals surface area contributed by atoms with E-state index in [0.29, 0.717) is 39.6 Å². The molecule has 0 amide bonds. The zero-order chi connectivity index (χ0) is 15.4. The second-order valence-corrected chi connectivity index (χ2v) is 5.36. The SMILES string of the molecule is COCCOCCOCCOC(C)(CBr)c1ccccc1. The van der Waals surface area contributed by atoms with Crippen LogP contribution in [0.4, 0.5) is 0 Å². The van der Waals surface area contributed by atoms with Gasteiger partial charge in [0.25, 0.3) is 0 Å². The van der Waals surface area contributed by atoms with Crippen molar-refractivity contribution < 1.29 is 18.9 Å². The fraction of sp³-hybridized carbons (Fsp3) is 0.625. The fourth-order valence-electron chi connectivity index (χ4n) is 1.78. The van der Waals surface area contributed by atoms with Crippen molar-refractivity contribution in [2.24, 2.45) is 0 Å². The number of alkyl halides is 1. The highest BCUT2D eigenvalue weighted by atomic mass is 79.9. The van der Waals surface area contributed by atoms with E-state index in [1.165, 1.54) is 0 Å². The molecule has 1 rings (SSSR count). The van der Waals surface area contributed by atoms with Crippen molar-refractivity contribution in [3.05, 3.63) is 35.9 Å². The predicted octanol–water partition coefficient (Wildman–Crippen LogP) is 2.99. The number of methoxy groups -OCH3 is 1. The Balaban J connectivity index is 2.15. The molecule has 0 aliphatic rings. The van der Waals surface area contributed by atoms with Crippen LogP contribution in [-0.2, 0) is 24.5 Å². The summed E-state index contributed by atoms with van der Waals surface area (Å²) in [6.45, 7) is 5.56. The van der Waals surface area contributed by atoms with Crippen LogP contribution in [0.5, 0.6) is 0 Å². The summed E-state index contributed by atoms with van der Waals surface area (Å²) >= 11 is 3.53. The summed E-state index contributed by atoms with van der Waals surface area (Å²) in [5.41, 5.74) is 0.823. The molecule has 0 radical (unpaired) electrons. The van der Waals surface area contributed by atoms with E-state index in [1.54, 1.807) is 7.11 Å². The van der Waals surface area contributed by atoms with Gasteiger partial charge in [0, 0.05) is 12.4 Å². The third-order valence-corrected chi connectivity index (χ3v) is 4.16. The van der Waals surface area contributed by atoms with Crippen LogP contribution in [0.15, 0.2) is 30.3 Å². The highest BCUT2D eigenvalue weighted by molar-refractivity contribution is 9.09. The molecule has 0 saturated heterocycles. The summed E-state index contributed by atoms with van der Waals surface area (Å²) < 4.78 is 21.7. The van der Waals surface area contributed by atoms with Gasteiger partial charge in [-0.3, -0.25) is 0 Å². The number of hydrogen-bond acceptors (Lipinski definition) is 4. The number of halogens is 1. The van der Waals surface area contributed by atoms with E-state index in [2.05, 4.69) is 35.0 Å². The first kappa shape index (κ1) is 18.6. The van der Waals surface area contributed by atoms with Crippen LogP contribution >= 0.6 is 15.9 Å². The Labute approximate surface area is 135 Å². The lowest BCUT2D eigenvalue weighted by molar-refractivity contribution is -0.0534. The van der Waals surface area contributed by atoms with Crippen molar-refractivity contribution in [1.82, 2.24) is 0 Å². The van der Waals surface area contributed by atoms with E-state index in [9.17, 15) is 0 Å². The molecule has 0 N–H and O–H groups in total. The zero-order valence-corrected chi connectivity index (χ0v) is 14.4. The monoisotopic (exact) mass is 360 g/mol. The molecule has 1 unspecified atom stereocenters. The largest absolute Gasteiger partial charge is 0.382 e. The van der Waals surface area contributed by atoms with Crippen LogP contribution < -0.4 is 0 Å². The van der Waals surface area contributed by atoms with Gasteiger partial charge in [0.1, 0.15) is 5.60 Å². The number of hydrogen-bond donors (Lipinski definition) is 0. The van der Waals surface area contributed by atoms with Crippen LogP contribution in [0.25, 0.3) is 0 Å². The Morgan fingerprint density at radius 2 is 1.48 bits per heavy atom. The van der Waals surface area contributed by atoms with Gasteiger partial charge in [0.2, 0.25) is 0 Å². The Hall–Kier alpha value is -0.460. The molecule has 1 aromatic carbocycles. The lowest BCUT2D eigenvalue weighted by atomic mass is 9.98. The molecule has 21 heavy (non-hydrogen) atoms. The highest BCUT2D eigenvalue weighted by Gasteiger charge is 2.25. The summed E-state index contributed by atoms with van der Waals surface area (Å²) in [6, 6.07) is 10.2. The predicted molar refractivity (Wildman–Crippen MR) is 87.1 cm³/mol. The van der Waals surface area contributed by atoms with Crippen molar-refractivity contribution >= 4 is 15.9 Å². The number of rotatable bonds is 12. The van der Waals surface area contributed by atoms with Gasteiger partial charge in [-0.2, -0.15) is 0 Å². The molecule has 0 aliphatic carbocycles. The Bertz CT molecular complexity index is 361. The van der Waals surface area contributed by atoms with E-state index in [0.717, 1.165) is 10.9 Å². The quantitative estimate of drug-likeness (QED) is 0.424. The van der Waals surface area contributed by atoms with E-state index in [1.807, 2.05) is 18.2 Å². The van der Waals surface area contributed by atoms with Crippen molar-refractivity contribution in [2.75, 3.05) is 52.1 Å². The highest BCUT2D eigenvalue weighted by Crippen LogP contribution is 2.27. The smallest absolute Gasteiger partial charge is 0.100 e. The van der Waals surface area contributed by atoms with Gasteiger partial charge in [0.15, 0.2) is 0 Å². The molecule has 5 heteroatoms. The first-order valence-electron chi connectivity index (χ1n) is 7.13. The molecule has 1 aromatic rings. The average molecular weight is 361 g/mol. The minimum atomic E-state index is -0.334. The average Bonchev–Trinajstić information content (AvgIpc) is 2.54. The summed E-state index contributed by atoms with van der Waals surface area (Å²) in [6.07, 6.45) is 0. The van der Waals surface area contributed by atoms with Crippen molar-refractivity contribution in [2.45, 2.75) is 12.5 Å². The van der Waals surface area contributed by atoms with Crippen LogP contribution in [0.3, 0.4) is 0 Å². The first-order valence-corrected chi connectivity index (χ1v) is 8.25. The lowest BCUT2D eigenvalue weighted by Crippen LogP contribution is -2.29. The topological polar surface area (TPSA) is 36.9 Å². The van der Waals surface area contributed by atoms with Gasteiger partial charge in [0.05, 0.1) is 39.6 Å². The maximum Gasteiger partial charge on any atom is 0.100 e. The lowest BCUT2D eigenvalue weighted by Gasteiger charge is -2.28. The van der Waals surface area contributed by atoms with Crippen LogP contribution in [0.2, 0.25) is 0 Å². The molecule has 0 spiro atoms. The Morgan fingerprint density at radius 1 is 0.905 bits per heavy atom. The molecule has 0 bridgehead atoms. The van der Waals surface area contributed by atoms with Gasteiger partial charge in [-0.05, 0) is 12.5 Å². The third kappa shape index (κ3) is 7.38. The zero-order valence-electron chi connectivity index (χ0n) is 12.8. The Morgan fingerprint density at radius 3 is 2.05 bits per heavy atom. The molecule has 0 aliphatic heterocycles. The maximum absolute atomic E-state index is 5.98. The summed E-state index contributed by atoms with van der Waals surface area (Å²) in [4.78, 5) is 0. The maximum atomic E-state index is 5.98. The fourth-order valence-corrected chi connectivity index (χ4v) is 2.27. The van der Waals surface area contributed by atoms with E-state index >= 15 is 0 Å². The molecule has 4 nitrogen and oxygen atoms in total. The number of benzene rings is 1. The molecule has 0 heterocycles. The minimum Gasteiger partial charge on any atom is -0.382 e. The standard InChI is InChI=1S/C16H25BrO4/c1-16(14-17,15-6-4-3-5-7-15)21-13-12-20-11-10-19-9-8-18-2/h3-7H,8-14H2,1-2H3. The normalized spacial score (nSPS) is 14.0. The summed E-state index contributed by atoms with van der Waals surface area (Å²) in [5, 5.41) is 0.740. The van der Waals surface area contributed by atoms with Gasteiger partial charge in [-0.15, -0.1) is 0 Å². The van der Waals surface area contributed by atoms with E-state index < -0.39 is 0 Å². The van der Waals surface area contributed by atoms with Crippen LogP contribution in [0, 0.1) is 0 Å². The van der Waals surface area contributed by atoms with Gasteiger partial charge < -0.3 is 18.9 Å². The van der Waals surface area contributed by atoms with Crippen molar-refractivity contribution in [1.29, 1.82) is 0 Å². The van der Waals surface area contributed by atoms with Crippen molar-refractivity contribution in [3.8, 4) is 0 Å². The molecule has 120 valence electrons. The van der Waals surface area contributed by atoms with Gasteiger partial charge >= 0.3 is 0 Å². The van der Waals surface area contributed by atoms with Crippen LogP contribution in [-0.4, -0.2) is 52.1 Å². The van der Waals surface area contributed by atoms with Gasteiger partial charge in [-0.1, -0.05) is 46.3 Å². The number of ether oxygens (including phenoxy) is 4. The second-order valence-electron chi connectivity index (χ2n) is 4.80. The van der Waals surface area contributed by atoms with Gasteiger partial charge in [-0.25, -0.2) is 0 Å². The third-order valence-electron chi connectivity index (χ3n) is 3.09. The van der Waals surface area contributed by atoms with Crippen LogP contribution in [0.1, 0.15) is 12.5 Å². The molecular weight excluding hydrogens is 336 g/mol.